The number of esters is 1. The van der Waals surface area contributed by atoms with Crippen LogP contribution in [0.3, 0.4) is 0 Å². The normalized spacial score (nSPS) is 10.2. The van der Waals surface area contributed by atoms with Crippen molar-refractivity contribution in [2.75, 3.05) is 17.2 Å². The van der Waals surface area contributed by atoms with Gasteiger partial charge in [-0.2, -0.15) is 0 Å². The number of pyridine rings is 1. The van der Waals surface area contributed by atoms with E-state index in [1.54, 1.807) is 49.4 Å². The van der Waals surface area contributed by atoms with Crippen molar-refractivity contribution in [3.05, 3.63) is 83.0 Å². The lowest BCUT2D eigenvalue weighted by Crippen LogP contribution is -2.13. The van der Waals surface area contributed by atoms with Gasteiger partial charge in [0.25, 0.3) is 5.91 Å². The van der Waals surface area contributed by atoms with E-state index < -0.39 is 5.97 Å². The average molecular weight is 396 g/mol. The van der Waals surface area contributed by atoms with Crippen molar-refractivity contribution in [2.45, 2.75) is 6.92 Å². The van der Waals surface area contributed by atoms with E-state index in [1.165, 1.54) is 6.20 Å². The second-order valence-electron chi connectivity index (χ2n) is 5.79. The first-order valence-electron chi connectivity index (χ1n) is 8.63. The lowest BCUT2D eigenvalue weighted by Gasteiger charge is -2.10. The minimum Gasteiger partial charge on any atom is -0.462 e. The van der Waals surface area contributed by atoms with Gasteiger partial charge in [0.15, 0.2) is 0 Å². The van der Waals surface area contributed by atoms with Crippen LogP contribution in [0.15, 0.2) is 66.9 Å². The number of rotatable bonds is 6. The molecule has 1 amide bonds. The number of carbonyl (C=O) groups excluding carboxylic acids is 2. The highest BCUT2D eigenvalue weighted by Crippen LogP contribution is 2.24. The summed E-state index contributed by atoms with van der Waals surface area (Å²) in [5.41, 5.74) is 2.12. The van der Waals surface area contributed by atoms with Gasteiger partial charge < -0.3 is 15.4 Å². The molecule has 142 valence electrons. The maximum Gasteiger partial charge on any atom is 0.338 e. The summed E-state index contributed by atoms with van der Waals surface area (Å²) in [5, 5.41) is 6.43. The number of benzene rings is 2. The Labute approximate surface area is 167 Å². The number of aromatic nitrogens is 1. The third-order valence-corrected chi connectivity index (χ3v) is 4.14. The van der Waals surface area contributed by atoms with Gasteiger partial charge in [-0.25, -0.2) is 9.78 Å². The monoisotopic (exact) mass is 395 g/mol. The summed E-state index contributed by atoms with van der Waals surface area (Å²) >= 11 is 6.14. The fourth-order valence-electron chi connectivity index (χ4n) is 2.45. The van der Waals surface area contributed by atoms with E-state index >= 15 is 0 Å². The molecule has 0 radical (unpaired) electrons. The summed E-state index contributed by atoms with van der Waals surface area (Å²) in [4.78, 5) is 28.4. The molecule has 3 rings (SSSR count). The Morgan fingerprint density at radius 2 is 1.79 bits per heavy atom. The first-order chi connectivity index (χ1) is 13.6. The first-order valence-corrected chi connectivity index (χ1v) is 9.00. The molecule has 28 heavy (non-hydrogen) atoms. The van der Waals surface area contributed by atoms with Gasteiger partial charge in [0.2, 0.25) is 0 Å². The molecule has 3 aromatic rings. The molecular weight excluding hydrogens is 378 g/mol. The van der Waals surface area contributed by atoms with Gasteiger partial charge >= 0.3 is 5.97 Å². The summed E-state index contributed by atoms with van der Waals surface area (Å²) < 4.78 is 4.94. The number of nitrogens with zero attached hydrogens (tertiary/aromatic N) is 1. The van der Waals surface area contributed by atoms with Gasteiger partial charge in [-0.3, -0.25) is 4.79 Å². The van der Waals surface area contributed by atoms with Crippen LogP contribution in [0, 0.1) is 0 Å². The number of para-hydroxylation sites is 1. The Morgan fingerprint density at radius 1 is 1.04 bits per heavy atom. The molecule has 7 heteroatoms. The fourth-order valence-corrected chi connectivity index (χ4v) is 2.63. The Hall–Kier alpha value is -3.38. The number of hydrogen-bond donors (Lipinski definition) is 2. The van der Waals surface area contributed by atoms with Crippen molar-refractivity contribution >= 4 is 40.7 Å². The number of anilines is 3. The summed E-state index contributed by atoms with van der Waals surface area (Å²) in [5.74, 6) is -0.197. The highest BCUT2D eigenvalue weighted by atomic mass is 35.5. The zero-order valence-corrected chi connectivity index (χ0v) is 15.9. The Balaban J connectivity index is 1.69. The molecule has 0 fully saturated rings. The zero-order valence-electron chi connectivity index (χ0n) is 15.1. The maximum atomic E-state index is 12.5. The molecule has 1 heterocycles. The number of carbonyl (C=O) groups is 2. The highest BCUT2D eigenvalue weighted by Gasteiger charge is 2.10. The smallest absolute Gasteiger partial charge is 0.338 e. The molecule has 0 atom stereocenters. The first kappa shape index (κ1) is 19.4. The lowest BCUT2D eigenvalue weighted by molar-refractivity contribution is 0.0526. The predicted octanol–water partition coefficient (Wildman–Crippen LogP) is 4.91. The van der Waals surface area contributed by atoms with Gasteiger partial charge in [0.1, 0.15) is 5.82 Å². The maximum absolute atomic E-state index is 12.5. The van der Waals surface area contributed by atoms with Crippen LogP contribution in [0.4, 0.5) is 17.2 Å². The van der Waals surface area contributed by atoms with E-state index in [0.29, 0.717) is 39.9 Å². The Bertz CT molecular complexity index is 990. The zero-order chi connectivity index (χ0) is 19.9. The van der Waals surface area contributed by atoms with Crippen molar-refractivity contribution in [1.82, 2.24) is 4.98 Å². The van der Waals surface area contributed by atoms with Gasteiger partial charge in [-0.15, -0.1) is 0 Å². The molecule has 1 aromatic heterocycles. The molecule has 0 bridgehead atoms. The van der Waals surface area contributed by atoms with Crippen molar-refractivity contribution < 1.29 is 14.3 Å². The van der Waals surface area contributed by atoms with E-state index in [2.05, 4.69) is 15.6 Å². The third-order valence-electron chi connectivity index (χ3n) is 3.81. The second kappa shape index (κ2) is 9.01. The van der Waals surface area contributed by atoms with E-state index in [4.69, 9.17) is 16.3 Å². The van der Waals surface area contributed by atoms with Crippen LogP contribution in [-0.2, 0) is 4.74 Å². The van der Waals surface area contributed by atoms with Gasteiger partial charge in [0, 0.05) is 17.4 Å². The minimum atomic E-state index is -0.398. The highest BCUT2D eigenvalue weighted by molar-refractivity contribution is 6.33. The molecule has 0 aliphatic rings. The number of halogens is 1. The number of ether oxygens (including phenoxy) is 1. The molecule has 0 saturated heterocycles. The summed E-state index contributed by atoms with van der Waals surface area (Å²) in [6, 6.07) is 17.0. The molecular formula is C21H18ClN3O3. The molecule has 6 nitrogen and oxygen atoms in total. The quantitative estimate of drug-likeness (QED) is 0.580. The van der Waals surface area contributed by atoms with Crippen LogP contribution in [0.25, 0.3) is 0 Å². The Kier molecular flexibility index (Phi) is 6.24. The number of nitrogens with one attached hydrogen (secondary N) is 2. The van der Waals surface area contributed by atoms with Crippen molar-refractivity contribution in [3.8, 4) is 0 Å². The average Bonchev–Trinajstić information content (AvgIpc) is 2.71. The summed E-state index contributed by atoms with van der Waals surface area (Å²) in [6.07, 6.45) is 1.54. The van der Waals surface area contributed by atoms with E-state index in [-0.39, 0.29) is 5.91 Å². The summed E-state index contributed by atoms with van der Waals surface area (Å²) in [7, 11) is 0. The fraction of sp³-hybridized carbons (Fsp3) is 0.0952. The predicted molar refractivity (Wildman–Crippen MR) is 109 cm³/mol. The number of hydrogen-bond acceptors (Lipinski definition) is 5. The molecule has 0 aliphatic heterocycles. The van der Waals surface area contributed by atoms with E-state index in [0.717, 1.165) is 0 Å². The van der Waals surface area contributed by atoms with Crippen LogP contribution in [0.5, 0.6) is 0 Å². The SMILES string of the molecule is CCOC(=O)c1ccc(NC(=O)c2ccnc(Nc3ccccc3Cl)c2)cc1. The standard InChI is InChI=1S/C21H18ClN3O3/c1-2-28-21(27)14-7-9-16(10-8-14)24-20(26)15-11-12-23-19(13-15)25-18-6-4-3-5-17(18)22/h3-13H,2H2,1H3,(H,23,25)(H,24,26). The second-order valence-corrected chi connectivity index (χ2v) is 6.19. The molecule has 2 aromatic carbocycles. The topological polar surface area (TPSA) is 80.3 Å². The van der Waals surface area contributed by atoms with E-state index in [9.17, 15) is 9.59 Å². The van der Waals surface area contributed by atoms with Gasteiger partial charge in [-0.05, 0) is 55.5 Å². The Morgan fingerprint density at radius 3 is 2.50 bits per heavy atom. The molecule has 2 N–H and O–H groups in total. The van der Waals surface area contributed by atoms with Crippen LogP contribution >= 0.6 is 11.6 Å². The van der Waals surface area contributed by atoms with Crippen molar-refractivity contribution in [1.29, 1.82) is 0 Å². The van der Waals surface area contributed by atoms with Crippen molar-refractivity contribution in [3.63, 3.8) is 0 Å². The number of amides is 1. The lowest BCUT2D eigenvalue weighted by atomic mass is 10.2. The minimum absolute atomic E-state index is 0.298. The van der Waals surface area contributed by atoms with Crippen LogP contribution in [0.1, 0.15) is 27.6 Å². The molecule has 0 saturated carbocycles. The van der Waals surface area contributed by atoms with Crippen LogP contribution in [0.2, 0.25) is 5.02 Å². The third kappa shape index (κ3) is 4.86. The van der Waals surface area contributed by atoms with Crippen molar-refractivity contribution in [2.24, 2.45) is 0 Å². The largest absolute Gasteiger partial charge is 0.462 e. The summed E-state index contributed by atoms with van der Waals surface area (Å²) in [6.45, 7) is 2.06. The van der Waals surface area contributed by atoms with Crippen LogP contribution < -0.4 is 10.6 Å². The molecule has 0 unspecified atom stereocenters. The van der Waals surface area contributed by atoms with Gasteiger partial charge in [0.05, 0.1) is 22.9 Å². The molecule has 0 spiro atoms. The van der Waals surface area contributed by atoms with Crippen LogP contribution in [-0.4, -0.2) is 23.5 Å². The van der Waals surface area contributed by atoms with E-state index in [1.807, 2.05) is 18.2 Å². The van der Waals surface area contributed by atoms with Gasteiger partial charge in [-0.1, -0.05) is 23.7 Å². The molecule has 0 aliphatic carbocycles.